The van der Waals surface area contributed by atoms with Crippen molar-refractivity contribution >= 4 is 5.82 Å². The van der Waals surface area contributed by atoms with E-state index < -0.39 is 13.0 Å². The van der Waals surface area contributed by atoms with Gasteiger partial charge in [0.1, 0.15) is 5.82 Å². The molecule has 0 bridgehead atoms. The third-order valence-corrected chi connectivity index (χ3v) is 3.02. The lowest BCUT2D eigenvalue weighted by atomic mass is 10.1. The Bertz CT molecular complexity index is 373. The van der Waals surface area contributed by atoms with Crippen LogP contribution < -0.4 is 10.2 Å². The van der Waals surface area contributed by atoms with E-state index in [2.05, 4.69) is 17.2 Å². The zero-order valence-electron chi connectivity index (χ0n) is 12.0. The minimum Gasteiger partial charge on any atom is -0.395 e. The Balaban J connectivity index is 2.71. The maximum absolute atomic E-state index is 12.5. The normalized spacial score (nSPS) is 12.7. The molecule has 0 aliphatic rings. The van der Waals surface area contributed by atoms with E-state index in [1.54, 1.807) is 12.3 Å². The van der Waals surface area contributed by atoms with Crippen molar-refractivity contribution in [2.45, 2.75) is 32.7 Å². The topological polar surface area (TPSA) is 48.4 Å². The summed E-state index contributed by atoms with van der Waals surface area (Å²) < 4.78 is 25.0. The molecule has 1 aromatic heterocycles. The first-order valence-electron chi connectivity index (χ1n) is 6.91. The Morgan fingerprint density at radius 1 is 1.40 bits per heavy atom. The van der Waals surface area contributed by atoms with Gasteiger partial charge in [-0.1, -0.05) is 13.0 Å². The van der Waals surface area contributed by atoms with E-state index in [1.807, 2.05) is 13.0 Å². The molecule has 1 rings (SSSR count). The summed E-state index contributed by atoms with van der Waals surface area (Å²) in [6.45, 7) is 4.61. The van der Waals surface area contributed by atoms with E-state index in [1.165, 1.54) is 4.90 Å². The number of hydrogen-bond donors (Lipinski definition) is 2. The average Bonchev–Trinajstić information content (AvgIpc) is 2.44. The van der Waals surface area contributed by atoms with Gasteiger partial charge in [-0.2, -0.15) is 0 Å². The zero-order chi connectivity index (χ0) is 15.0. The first-order valence-corrected chi connectivity index (χ1v) is 6.91. The largest absolute Gasteiger partial charge is 0.395 e. The van der Waals surface area contributed by atoms with E-state index in [-0.39, 0.29) is 19.2 Å². The number of aromatic nitrogens is 1. The molecule has 0 aromatic carbocycles. The lowest BCUT2D eigenvalue weighted by Crippen LogP contribution is -2.32. The van der Waals surface area contributed by atoms with E-state index in [9.17, 15) is 8.78 Å². The molecule has 20 heavy (non-hydrogen) atoms. The van der Waals surface area contributed by atoms with Crippen LogP contribution in [-0.2, 0) is 0 Å². The molecule has 2 N–H and O–H groups in total. The average molecular weight is 287 g/mol. The fraction of sp³-hybridized carbons (Fsp3) is 0.643. The van der Waals surface area contributed by atoms with Crippen LogP contribution in [0.3, 0.4) is 0 Å². The van der Waals surface area contributed by atoms with Crippen molar-refractivity contribution in [3.8, 4) is 0 Å². The molecule has 0 saturated carbocycles. The quantitative estimate of drug-likeness (QED) is 0.731. The molecule has 4 nitrogen and oxygen atoms in total. The molecule has 0 aliphatic carbocycles. The van der Waals surface area contributed by atoms with Crippen LogP contribution in [0.1, 0.15) is 31.9 Å². The predicted molar refractivity (Wildman–Crippen MR) is 76.2 cm³/mol. The van der Waals surface area contributed by atoms with Crippen molar-refractivity contribution in [3.63, 3.8) is 0 Å². The van der Waals surface area contributed by atoms with Gasteiger partial charge in [0.05, 0.1) is 13.2 Å². The number of hydrogen-bond acceptors (Lipinski definition) is 4. The summed E-state index contributed by atoms with van der Waals surface area (Å²) in [5.41, 5.74) is 1.02. The van der Waals surface area contributed by atoms with E-state index in [0.29, 0.717) is 5.82 Å². The molecule has 0 saturated heterocycles. The summed E-state index contributed by atoms with van der Waals surface area (Å²) in [6.07, 6.45) is 0.292. The molecule has 0 amide bonds. The van der Waals surface area contributed by atoms with Gasteiger partial charge in [0.2, 0.25) is 0 Å². The molecule has 1 aromatic rings. The number of anilines is 1. The second-order valence-corrected chi connectivity index (χ2v) is 4.69. The van der Waals surface area contributed by atoms with Gasteiger partial charge >= 0.3 is 0 Å². The van der Waals surface area contributed by atoms with Crippen LogP contribution in [-0.4, -0.2) is 42.8 Å². The van der Waals surface area contributed by atoms with Crippen LogP contribution in [0.4, 0.5) is 14.6 Å². The first-order chi connectivity index (χ1) is 9.58. The van der Waals surface area contributed by atoms with Crippen molar-refractivity contribution < 1.29 is 13.9 Å². The monoisotopic (exact) mass is 287 g/mol. The molecular formula is C14H23F2N3O. The van der Waals surface area contributed by atoms with E-state index in [0.717, 1.165) is 18.5 Å². The van der Waals surface area contributed by atoms with Gasteiger partial charge in [-0.25, -0.2) is 13.8 Å². The third-order valence-electron chi connectivity index (χ3n) is 3.02. The molecule has 6 heteroatoms. The maximum atomic E-state index is 12.5. The fourth-order valence-corrected chi connectivity index (χ4v) is 1.91. The van der Waals surface area contributed by atoms with Gasteiger partial charge < -0.3 is 15.3 Å². The summed E-state index contributed by atoms with van der Waals surface area (Å²) in [5.74, 6) is 0.464. The van der Waals surface area contributed by atoms with Crippen LogP contribution >= 0.6 is 0 Å². The summed E-state index contributed by atoms with van der Waals surface area (Å²) >= 11 is 0. The fourth-order valence-electron chi connectivity index (χ4n) is 1.91. The number of nitrogens with one attached hydrogen (secondary N) is 1. The number of aliphatic hydroxyl groups excluding tert-OH is 1. The maximum Gasteiger partial charge on any atom is 0.255 e. The molecule has 1 unspecified atom stereocenters. The highest BCUT2D eigenvalue weighted by Crippen LogP contribution is 2.17. The summed E-state index contributed by atoms with van der Waals surface area (Å²) in [4.78, 5) is 5.61. The van der Waals surface area contributed by atoms with Crippen LogP contribution in [0.25, 0.3) is 0 Å². The Morgan fingerprint density at radius 3 is 2.65 bits per heavy atom. The second kappa shape index (κ2) is 8.81. The minimum atomic E-state index is -2.45. The van der Waals surface area contributed by atoms with Gasteiger partial charge in [-0.3, -0.25) is 0 Å². The number of halogens is 2. The second-order valence-electron chi connectivity index (χ2n) is 4.69. The van der Waals surface area contributed by atoms with Crippen LogP contribution in [0, 0.1) is 0 Å². The molecule has 0 radical (unpaired) electrons. The summed E-state index contributed by atoms with van der Waals surface area (Å²) in [6, 6.07) is 3.78. The Morgan fingerprint density at radius 2 is 2.15 bits per heavy atom. The number of rotatable bonds is 9. The Kier molecular flexibility index (Phi) is 7.40. The smallest absolute Gasteiger partial charge is 0.255 e. The lowest BCUT2D eigenvalue weighted by molar-refractivity contribution is 0.152. The Labute approximate surface area is 118 Å². The number of alkyl halides is 2. The van der Waals surface area contributed by atoms with Gasteiger partial charge in [-0.05, 0) is 31.5 Å². The molecule has 0 aliphatic heterocycles. The van der Waals surface area contributed by atoms with Crippen LogP contribution in [0.5, 0.6) is 0 Å². The highest BCUT2D eigenvalue weighted by Gasteiger charge is 2.14. The number of pyridine rings is 1. The minimum absolute atomic E-state index is 0.153. The zero-order valence-corrected chi connectivity index (χ0v) is 12.0. The molecule has 1 heterocycles. The summed E-state index contributed by atoms with van der Waals surface area (Å²) in [7, 11) is 0. The highest BCUT2D eigenvalue weighted by molar-refractivity contribution is 5.39. The van der Waals surface area contributed by atoms with Crippen molar-refractivity contribution in [1.82, 2.24) is 10.3 Å². The standard InChI is InChI=1S/C14H23F2N3O/c1-3-6-17-11(2)12-4-5-14(18-9-12)19(7-8-20)10-13(15)16/h4-5,9,11,13,17,20H,3,6-8,10H2,1-2H3. The third kappa shape index (κ3) is 5.38. The van der Waals surface area contributed by atoms with Gasteiger partial charge in [0, 0.05) is 18.8 Å². The van der Waals surface area contributed by atoms with Crippen molar-refractivity contribution in [3.05, 3.63) is 23.9 Å². The SMILES string of the molecule is CCCNC(C)c1ccc(N(CCO)CC(F)F)nc1. The number of nitrogens with zero attached hydrogens (tertiary/aromatic N) is 2. The molecular weight excluding hydrogens is 264 g/mol. The molecule has 0 spiro atoms. The van der Waals surface area contributed by atoms with Crippen LogP contribution in [0.2, 0.25) is 0 Å². The van der Waals surface area contributed by atoms with E-state index in [4.69, 9.17) is 5.11 Å². The van der Waals surface area contributed by atoms with Gasteiger partial charge in [-0.15, -0.1) is 0 Å². The van der Waals surface area contributed by atoms with E-state index >= 15 is 0 Å². The molecule has 114 valence electrons. The van der Waals surface area contributed by atoms with Crippen LogP contribution in [0.15, 0.2) is 18.3 Å². The Hall–Kier alpha value is -1.27. The molecule has 1 atom stereocenters. The predicted octanol–water partition coefficient (Wildman–Crippen LogP) is 2.21. The highest BCUT2D eigenvalue weighted by atomic mass is 19.3. The van der Waals surface area contributed by atoms with Crippen molar-refractivity contribution in [2.24, 2.45) is 0 Å². The van der Waals surface area contributed by atoms with Crippen molar-refractivity contribution in [2.75, 3.05) is 31.1 Å². The van der Waals surface area contributed by atoms with Gasteiger partial charge in [0.25, 0.3) is 6.43 Å². The summed E-state index contributed by atoms with van der Waals surface area (Å²) in [5, 5.41) is 12.3. The first kappa shape index (κ1) is 16.8. The number of aliphatic hydroxyl groups is 1. The van der Waals surface area contributed by atoms with Crippen molar-refractivity contribution in [1.29, 1.82) is 0 Å². The molecule has 0 fully saturated rings. The lowest BCUT2D eigenvalue weighted by Gasteiger charge is -2.23. The van der Waals surface area contributed by atoms with Gasteiger partial charge in [0.15, 0.2) is 0 Å².